The molecule has 0 aromatic heterocycles. The monoisotopic (exact) mass is 217 g/mol. The molecule has 1 aliphatic rings. The van der Waals surface area contributed by atoms with Gasteiger partial charge in [0.2, 0.25) is 0 Å². The zero-order valence-corrected chi connectivity index (χ0v) is 10.5. The minimum absolute atomic E-state index is 0.786. The second kappa shape index (κ2) is 5.49. The molecule has 1 aromatic rings. The van der Waals surface area contributed by atoms with Crippen LogP contribution in [0.1, 0.15) is 38.2 Å². The number of hydrogen-bond acceptors (Lipinski definition) is 1. The molecule has 16 heavy (non-hydrogen) atoms. The van der Waals surface area contributed by atoms with Crippen LogP contribution in [0.15, 0.2) is 30.3 Å². The summed E-state index contributed by atoms with van der Waals surface area (Å²) in [4.78, 5) is 2.54. The Morgan fingerprint density at radius 1 is 1.12 bits per heavy atom. The van der Waals surface area contributed by atoms with Gasteiger partial charge in [-0.1, -0.05) is 50.1 Å². The standard InChI is InChI=1S/C15H23N/c1-13-8-6-7-11-15(13)16(2)12-14-9-4-3-5-10-14/h3-5,9-10,13,15H,6-8,11-12H2,1-2H3/t13-,15+/m1/s1. The first-order chi connectivity index (χ1) is 7.77. The van der Waals surface area contributed by atoms with E-state index in [1.54, 1.807) is 0 Å². The van der Waals surface area contributed by atoms with Crippen LogP contribution in [0.2, 0.25) is 0 Å². The lowest BCUT2D eigenvalue weighted by atomic mass is 9.85. The molecule has 0 amide bonds. The van der Waals surface area contributed by atoms with Crippen molar-refractivity contribution in [2.45, 2.75) is 45.2 Å². The molecule has 1 aliphatic carbocycles. The zero-order chi connectivity index (χ0) is 11.4. The van der Waals surface area contributed by atoms with Crippen molar-refractivity contribution in [2.75, 3.05) is 7.05 Å². The Bertz CT molecular complexity index is 306. The molecule has 0 unspecified atom stereocenters. The Kier molecular flexibility index (Phi) is 4.00. The quantitative estimate of drug-likeness (QED) is 0.746. The van der Waals surface area contributed by atoms with Crippen molar-refractivity contribution >= 4 is 0 Å². The maximum atomic E-state index is 2.54. The lowest BCUT2D eigenvalue weighted by Gasteiger charge is -2.36. The van der Waals surface area contributed by atoms with Gasteiger partial charge in [-0.3, -0.25) is 4.90 Å². The van der Waals surface area contributed by atoms with Crippen molar-refractivity contribution in [3.63, 3.8) is 0 Å². The van der Waals surface area contributed by atoms with Crippen LogP contribution in [0.25, 0.3) is 0 Å². The molecule has 2 atom stereocenters. The van der Waals surface area contributed by atoms with E-state index in [2.05, 4.69) is 49.2 Å². The van der Waals surface area contributed by atoms with E-state index in [4.69, 9.17) is 0 Å². The predicted octanol–water partition coefficient (Wildman–Crippen LogP) is 3.70. The highest BCUT2D eigenvalue weighted by atomic mass is 15.1. The van der Waals surface area contributed by atoms with E-state index >= 15 is 0 Å². The molecule has 0 saturated heterocycles. The molecule has 0 radical (unpaired) electrons. The van der Waals surface area contributed by atoms with Crippen LogP contribution >= 0.6 is 0 Å². The summed E-state index contributed by atoms with van der Waals surface area (Å²) >= 11 is 0. The fraction of sp³-hybridized carbons (Fsp3) is 0.600. The van der Waals surface area contributed by atoms with Crippen LogP contribution in [-0.2, 0) is 6.54 Å². The van der Waals surface area contributed by atoms with Crippen LogP contribution in [-0.4, -0.2) is 18.0 Å². The van der Waals surface area contributed by atoms with Gasteiger partial charge in [0.15, 0.2) is 0 Å². The van der Waals surface area contributed by atoms with E-state index in [1.807, 2.05) is 0 Å². The Labute approximate surface area is 99.5 Å². The number of benzene rings is 1. The minimum atomic E-state index is 0.786. The first kappa shape index (κ1) is 11.7. The predicted molar refractivity (Wildman–Crippen MR) is 69.3 cm³/mol. The van der Waals surface area contributed by atoms with Crippen LogP contribution in [0.4, 0.5) is 0 Å². The van der Waals surface area contributed by atoms with E-state index in [0.717, 1.165) is 18.5 Å². The van der Waals surface area contributed by atoms with Gasteiger partial charge >= 0.3 is 0 Å². The molecule has 0 spiro atoms. The number of rotatable bonds is 3. The molecule has 0 N–H and O–H groups in total. The van der Waals surface area contributed by atoms with Crippen molar-refractivity contribution in [1.82, 2.24) is 4.90 Å². The van der Waals surface area contributed by atoms with Crippen molar-refractivity contribution in [3.8, 4) is 0 Å². The summed E-state index contributed by atoms with van der Waals surface area (Å²) in [5.74, 6) is 0.863. The summed E-state index contributed by atoms with van der Waals surface area (Å²) in [6, 6.07) is 11.6. The third-order valence-electron chi connectivity index (χ3n) is 3.91. The molecular formula is C15H23N. The first-order valence-corrected chi connectivity index (χ1v) is 6.51. The second-order valence-electron chi connectivity index (χ2n) is 5.23. The van der Waals surface area contributed by atoms with Crippen molar-refractivity contribution in [1.29, 1.82) is 0 Å². The van der Waals surface area contributed by atoms with Crippen molar-refractivity contribution < 1.29 is 0 Å². The average molecular weight is 217 g/mol. The highest BCUT2D eigenvalue weighted by Crippen LogP contribution is 2.28. The third kappa shape index (κ3) is 2.85. The smallest absolute Gasteiger partial charge is 0.0233 e. The van der Waals surface area contributed by atoms with Gasteiger partial charge < -0.3 is 0 Å². The van der Waals surface area contributed by atoms with Gasteiger partial charge in [-0.15, -0.1) is 0 Å². The molecule has 1 fully saturated rings. The molecule has 1 nitrogen and oxygen atoms in total. The molecule has 2 rings (SSSR count). The van der Waals surface area contributed by atoms with E-state index in [9.17, 15) is 0 Å². The number of hydrogen-bond donors (Lipinski definition) is 0. The topological polar surface area (TPSA) is 3.24 Å². The van der Waals surface area contributed by atoms with Crippen molar-refractivity contribution in [3.05, 3.63) is 35.9 Å². The SMILES string of the molecule is C[C@@H]1CCCC[C@@H]1N(C)Cc1ccccc1. The van der Waals surface area contributed by atoms with Gasteiger partial charge in [0.1, 0.15) is 0 Å². The molecule has 1 aromatic carbocycles. The average Bonchev–Trinajstić information content (AvgIpc) is 2.31. The lowest BCUT2D eigenvalue weighted by Crippen LogP contribution is -2.38. The highest BCUT2D eigenvalue weighted by molar-refractivity contribution is 5.14. The van der Waals surface area contributed by atoms with E-state index in [0.29, 0.717) is 0 Å². The Balaban J connectivity index is 1.94. The number of nitrogens with zero attached hydrogens (tertiary/aromatic N) is 1. The molecule has 0 heterocycles. The Hall–Kier alpha value is -0.820. The van der Waals surface area contributed by atoms with E-state index in [-0.39, 0.29) is 0 Å². The van der Waals surface area contributed by atoms with Crippen LogP contribution in [0.5, 0.6) is 0 Å². The summed E-state index contributed by atoms with van der Waals surface area (Å²) < 4.78 is 0. The van der Waals surface area contributed by atoms with Gasteiger partial charge in [-0.25, -0.2) is 0 Å². The first-order valence-electron chi connectivity index (χ1n) is 6.51. The minimum Gasteiger partial charge on any atom is -0.299 e. The maximum absolute atomic E-state index is 2.54. The lowest BCUT2D eigenvalue weighted by molar-refractivity contribution is 0.133. The summed E-state index contributed by atoms with van der Waals surface area (Å²) in [5, 5.41) is 0. The van der Waals surface area contributed by atoms with E-state index in [1.165, 1.54) is 31.2 Å². The van der Waals surface area contributed by atoms with E-state index < -0.39 is 0 Å². The molecule has 0 bridgehead atoms. The molecular weight excluding hydrogens is 194 g/mol. The van der Waals surface area contributed by atoms with Gasteiger partial charge in [0.05, 0.1) is 0 Å². The molecule has 0 aliphatic heterocycles. The fourth-order valence-electron chi connectivity index (χ4n) is 2.94. The van der Waals surface area contributed by atoms with Crippen LogP contribution in [0.3, 0.4) is 0 Å². The summed E-state index contributed by atoms with van der Waals surface area (Å²) in [6.45, 7) is 3.50. The van der Waals surface area contributed by atoms with Gasteiger partial charge in [-0.2, -0.15) is 0 Å². The zero-order valence-electron chi connectivity index (χ0n) is 10.5. The Morgan fingerprint density at radius 2 is 1.81 bits per heavy atom. The highest BCUT2D eigenvalue weighted by Gasteiger charge is 2.24. The van der Waals surface area contributed by atoms with Crippen LogP contribution < -0.4 is 0 Å². The Morgan fingerprint density at radius 3 is 2.50 bits per heavy atom. The summed E-state index contributed by atoms with van der Waals surface area (Å²) in [7, 11) is 2.28. The normalized spacial score (nSPS) is 25.9. The fourth-order valence-corrected chi connectivity index (χ4v) is 2.94. The molecule has 1 saturated carbocycles. The largest absolute Gasteiger partial charge is 0.299 e. The molecule has 88 valence electrons. The third-order valence-corrected chi connectivity index (χ3v) is 3.91. The maximum Gasteiger partial charge on any atom is 0.0233 e. The van der Waals surface area contributed by atoms with Gasteiger partial charge in [0.25, 0.3) is 0 Å². The van der Waals surface area contributed by atoms with Gasteiger partial charge in [-0.05, 0) is 31.4 Å². The van der Waals surface area contributed by atoms with Crippen molar-refractivity contribution in [2.24, 2.45) is 5.92 Å². The van der Waals surface area contributed by atoms with Crippen LogP contribution in [0, 0.1) is 5.92 Å². The second-order valence-corrected chi connectivity index (χ2v) is 5.23. The molecule has 1 heteroatoms. The summed E-state index contributed by atoms with van der Waals surface area (Å²) in [6.07, 6.45) is 5.62. The van der Waals surface area contributed by atoms with Gasteiger partial charge in [0, 0.05) is 12.6 Å². The summed E-state index contributed by atoms with van der Waals surface area (Å²) in [5.41, 5.74) is 1.43.